The number of amides is 1. The second-order valence-electron chi connectivity index (χ2n) is 2.58. The lowest BCUT2D eigenvalue weighted by atomic mass is 10.3. The van der Waals surface area contributed by atoms with E-state index in [4.69, 9.17) is 0 Å². The molecule has 0 radical (unpaired) electrons. The second kappa shape index (κ2) is 4.83. The zero-order valence-corrected chi connectivity index (χ0v) is 7.64. The number of hydrogen-bond donors (Lipinski definition) is 1. The molecule has 0 aromatic carbocycles. The summed E-state index contributed by atoms with van der Waals surface area (Å²) in [7, 11) is 0. The van der Waals surface area contributed by atoms with Crippen molar-refractivity contribution in [2.24, 2.45) is 0 Å². The third kappa shape index (κ3) is 6.27. The number of esters is 1. The van der Waals surface area contributed by atoms with Crippen LogP contribution in [0.25, 0.3) is 0 Å². The summed E-state index contributed by atoms with van der Waals surface area (Å²) in [6, 6.07) is 0. The van der Waals surface area contributed by atoms with Crippen molar-refractivity contribution in [3.63, 3.8) is 0 Å². The number of carbonyl (C=O) groups excluding carboxylic acids is 2. The summed E-state index contributed by atoms with van der Waals surface area (Å²) in [6.45, 7) is 0.818. The van der Waals surface area contributed by atoms with Gasteiger partial charge in [-0.05, 0) is 6.92 Å². The van der Waals surface area contributed by atoms with Crippen molar-refractivity contribution in [1.82, 2.24) is 5.32 Å². The summed E-state index contributed by atoms with van der Waals surface area (Å²) in [5.74, 6) is -1.70. The molecule has 0 aromatic rings. The highest BCUT2D eigenvalue weighted by molar-refractivity contribution is 5.82. The van der Waals surface area contributed by atoms with Gasteiger partial charge in [0.25, 0.3) is 5.91 Å². The van der Waals surface area contributed by atoms with Crippen LogP contribution in [0.4, 0.5) is 13.2 Å². The van der Waals surface area contributed by atoms with Gasteiger partial charge in [-0.3, -0.25) is 9.59 Å². The van der Waals surface area contributed by atoms with E-state index in [2.05, 4.69) is 4.74 Å². The SMILES string of the molecule is CC(=O)OC(C)C(=O)NCC(F)(F)F. The maximum atomic E-state index is 11.6. The number of halogens is 3. The molecule has 0 aliphatic heterocycles. The first-order valence-corrected chi connectivity index (χ1v) is 3.74. The normalized spacial score (nSPS) is 13.2. The van der Waals surface area contributed by atoms with Gasteiger partial charge in [-0.1, -0.05) is 0 Å². The fraction of sp³-hybridized carbons (Fsp3) is 0.714. The second-order valence-corrected chi connectivity index (χ2v) is 2.58. The van der Waals surface area contributed by atoms with Crippen molar-refractivity contribution in [3.05, 3.63) is 0 Å². The highest BCUT2D eigenvalue weighted by Gasteiger charge is 2.29. The zero-order chi connectivity index (χ0) is 11.4. The smallest absolute Gasteiger partial charge is 0.405 e. The van der Waals surface area contributed by atoms with Gasteiger partial charge in [-0.15, -0.1) is 0 Å². The molecule has 0 aliphatic rings. The first-order valence-electron chi connectivity index (χ1n) is 3.74. The fourth-order valence-corrected chi connectivity index (χ4v) is 0.634. The maximum absolute atomic E-state index is 11.6. The Bertz CT molecular complexity index is 227. The minimum atomic E-state index is -4.47. The Morgan fingerprint density at radius 2 is 1.93 bits per heavy atom. The molecule has 1 N–H and O–H groups in total. The first-order chi connectivity index (χ1) is 6.22. The van der Waals surface area contributed by atoms with Gasteiger partial charge < -0.3 is 10.1 Å². The van der Waals surface area contributed by atoms with Crippen LogP contribution in [0.2, 0.25) is 0 Å². The van der Waals surface area contributed by atoms with E-state index >= 15 is 0 Å². The molecule has 7 heteroatoms. The fourth-order valence-electron chi connectivity index (χ4n) is 0.634. The Labute approximate surface area is 78.4 Å². The summed E-state index contributed by atoms with van der Waals surface area (Å²) in [4.78, 5) is 21.2. The van der Waals surface area contributed by atoms with Crippen LogP contribution in [-0.2, 0) is 14.3 Å². The summed E-state index contributed by atoms with van der Waals surface area (Å²) >= 11 is 0. The van der Waals surface area contributed by atoms with Crippen LogP contribution >= 0.6 is 0 Å². The Morgan fingerprint density at radius 1 is 1.43 bits per heavy atom. The molecular formula is C7H10F3NO3. The van der Waals surface area contributed by atoms with E-state index in [0.717, 1.165) is 6.92 Å². The molecule has 0 rings (SSSR count). The van der Waals surface area contributed by atoms with Gasteiger partial charge in [0.1, 0.15) is 6.54 Å². The summed E-state index contributed by atoms with van der Waals surface area (Å²) in [6.07, 6.45) is -5.68. The molecule has 0 aromatic heterocycles. The van der Waals surface area contributed by atoms with Crippen molar-refractivity contribution in [1.29, 1.82) is 0 Å². The van der Waals surface area contributed by atoms with Crippen molar-refractivity contribution in [2.75, 3.05) is 6.54 Å². The van der Waals surface area contributed by atoms with Gasteiger partial charge in [0, 0.05) is 6.92 Å². The molecule has 1 amide bonds. The Balaban J connectivity index is 3.91. The van der Waals surface area contributed by atoms with Crippen LogP contribution in [0, 0.1) is 0 Å². The molecule has 14 heavy (non-hydrogen) atoms. The van der Waals surface area contributed by atoms with E-state index < -0.39 is 30.7 Å². The number of alkyl halides is 3. The van der Waals surface area contributed by atoms with Crippen molar-refractivity contribution in [3.8, 4) is 0 Å². The molecule has 82 valence electrons. The van der Waals surface area contributed by atoms with Gasteiger partial charge in [0.2, 0.25) is 0 Å². The number of carbonyl (C=O) groups is 2. The van der Waals surface area contributed by atoms with E-state index in [1.165, 1.54) is 6.92 Å². The Kier molecular flexibility index (Phi) is 4.39. The lowest BCUT2D eigenvalue weighted by Gasteiger charge is -2.13. The zero-order valence-electron chi connectivity index (χ0n) is 7.64. The lowest BCUT2D eigenvalue weighted by Crippen LogP contribution is -2.40. The molecule has 1 atom stereocenters. The molecule has 0 fully saturated rings. The molecule has 0 bridgehead atoms. The third-order valence-electron chi connectivity index (χ3n) is 1.18. The van der Waals surface area contributed by atoms with Gasteiger partial charge in [0.15, 0.2) is 6.10 Å². The largest absolute Gasteiger partial charge is 0.453 e. The monoisotopic (exact) mass is 213 g/mol. The summed E-state index contributed by atoms with van der Waals surface area (Å²) in [5.41, 5.74) is 0. The molecule has 0 saturated carbocycles. The maximum Gasteiger partial charge on any atom is 0.405 e. The number of hydrogen-bond acceptors (Lipinski definition) is 3. The van der Waals surface area contributed by atoms with Crippen LogP contribution in [0.3, 0.4) is 0 Å². The minimum absolute atomic E-state index is 0.723. The molecule has 0 saturated heterocycles. The van der Waals surface area contributed by atoms with E-state index in [9.17, 15) is 22.8 Å². The average molecular weight is 213 g/mol. The highest BCUT2D eigenvalue weighted by Crippen LogP contribution is 2.12. The Hall–Kier alpha value is -1.27. The quantitative estimate of drug-likeness (QED) is 0.699. The molecule has 0 heterocycles. The number of rotatable bonds is 3. The van der Waals surface area contributed by atoms with Crippen LogP contribution in [0.15, 0.2) is 0 Å². The van der Waals surface area contributed by atoms with Crippen LogP contribution in [0.1, 0.15) is 13.8 Å². The van der Waals surface area contributed by atoms with Crippen molar-refractivity contribution in [2.45, 2.75) is 26.1 Å². The van der Waals surface area contributed by atoms with Gasteiger partial charge in [0.05, 0.1) is 0 Å². The van der Waals surface area contributed by atoms with Gasteiger partial charge in [-0.2, -0.15) is 13.2 Å². The van der Waals surface area contributed by atoms with Gasteiger partial charge >= 0.3 is 12.1 Å². The van der Waals surface area contributed by atoms with Crippen LogP contribution < -0.4 is 5.32 Å². The van der Waals surface area contributed by atoms with E-state index in [-0.39, 0.29) is 0 Å². The molecule has 4 nitrogen and oxygen atoms in total. The predicted octanol–water partition coefficient (Wildman–Crippen LogP) is 0.616. The predicted molar refractivity (Wildman–Crippen MR) is 40.3 cm³/mol. The first kappa shape index (κ1) is 12.7. The minimum Gasteiger partial charge on any atom is -0.453 e. The topological polar surface area (TPSA) is 55.4 Å². The summed E-state index contributed by atoms with van der Waals surface area (Å²) < 4.78 is 39.2. The van der Waals surface area contributed by atoms with E-state index in [0.29, 0.717) is 0 Å². The van der Waals surface area contributed by atoms with E-state index in [1.54, 1.807) is 5.32 Å². The van der Waals surface area contributed by atoms with Crippen molar-refractivity contribution >= 4 is 11.9 Å². The number of ether oxygens (including phenoxy) is 1. The van der Waals surface area contributed by atoms with Crippen molar-refractivity contribution < 1.29 is 27.5 Å². The molecular weight excluding hydrogens is 203 g/mol. The Morgan fingerprint density at radius 3 is 2.29 bits per heavy atom. The lowest BCUT2D eigenvalue weighted by molar-refractivity contribution is -0.155. The third-order valence-corrected chi connectivity index (χ3v) is 1.18. The van der Waals surface area contributed by atoms with Crippen LogP contribution in [-0.4, -0.2) is 30.7 Å². The standard InChI is InChI=1S/C7H10F3NO3/c1-4(14-5(2)12)6(13)11-3-7(8,9)10/h4H,3H2,1-2H3,(H,11,13). The van der Waals surface area contributed by atoms with Gasteiger partial charge in [-0.25, -0.2) is 0 Å². The molecule has 0 spiro atoms. The average Bonchev–Trinajstić information content (AvgIpc) is 1.97. The molecule has 1 unspecified atom stereocenters. The van der Waals surface area contributed by atoms with E-state index in [1.807, 2.05) is 0 Å². The number of nitrogens with one attached hydrogen (secondary N) is 1. The summed E-state index contributed by atoms with van der Waals surface area (Å²) in [5, 5.41) is 1.59. The van der Waals surface area contributed by atoms with Crippen LogP contribution in [0.5, 0.6) is 0 Å². The molecule has 0 aliphatic carbocycles. The highest BCUT2D eigenvalue weighted by atomic mass is 19.4.